The Morgan fingerprint density at radius 2 is 1.15 bits per heavy atom. The summed E-state index contributed by atoms with van der Waals surface area (Å²) in [5.41, 5.74) is -0.957. The number of hydrogen-bond donors (Lipinski definition) is 9. The average molecular weight is 484 g/mol. The van der Waals surface area contributed by atoms with Crippen LogP contribution in [0.15, 0.2) is 24.3 Å². The van der Waals surface area contributed by atoms with E-state index < -0.39 is 94.9 Å². The van der Waals surface area contributed by atoms with Gasteiger partial charge in [0.05, 0.1) is 17.7 Å². The Labute approximate surface area is 189 Å². The van der Waals surface area contributed by atoms with Crippen molar-refractivity contribution in [3.8, 4) is 34.5 Å². The van der Waals surface area contributed by atoms with Crippen LogP contribution in [0.2, 0.25) is 0 Å². The number of esters is 2. The van der Waals surface area contributed by atoms with Crippen LogP contribution >= 0.6 is 0 Å². The number of benzene rings is 2. The molecule has 1 saturated heterocycles. The quantitative estimate of drug-likeness (QED) is 0.178. The van der Waals surface area contributed by atoms with Gasteiger partial charge in [-0.2, -0.15) is 0 Å². The van der Waals surface area contributed by atoms with E-state index in [0.717, 1.165) is 24.3 Å². The van der Waals surface area contributed by atoms with Crippen LogP contribution in [-0.2, 0) is 14.2 Å². The van der Waals surface area contributed by atoms with Gasteiger partial charge in [0.1, 0.15) is 12.2 Å². The van der Waals surface area contributed by atoms with Gasteiger partial charge in [0.15, 0.2) is 46.7 Å². The second kappa shape index (κ2) is 9.48. The number of phenolic OH excluding ortho intramolecular Hbond substituents is 6. The summed E-state index contributed by atoms with van der Waals surface area (Å²) >= 11 is 0. The number of phenols is 6. The van der Waals surface area contributed by atoms with Gasteiger partial charge in [0.2, 0.25) is 6.29 Å². The van der Waals surface area contributed by atoms with Gasteiger partial charge < -0.3 is 60.2 Å². The molecule has 0 aliphatic carbocycles. The van der Waals surface area contributed by atoms with Crippen LogP contribution < -0.4 is 0 Å². The van der Waals surface area contributed by atoms with Crippen molar-refractivity contribution < 1.29 is 69.8 Å². The fourth-order valence-corrected chi connectivity index (χ4v) is 3.10. The van der Waals surface area contributed by atoms with Gasteiger partial charge in [-0.25, -0.2) is 9.59 Å². The van der Waals surface area contributed by atoms with Crippen LogP contribution in [0, 0.1) is 0 Å². The molecule has 0 saturated carbocycles. The molecular formula is C20H20O14. The van der Waals surface area contributed by atoms with Crippen molar-refractivity contribution in [1.82, 2.24) is 0 Å². The van der Waals surface area contributed by atoms with Crippen molar-refractivity contribution in [2.75, 3.05) is 6.61 Å². The van der Waals surface area contributed by atoms with Gasteiger partial charge in [-0.15, -0.1) is 0 Å². The van der Waals surface area contributed by atoms with Crippen LogP contribution in [0.5, 0.6) is 34.5 Å². The number of aromatic hydroxyl groups is 6. The summed E-state index contributed by atoms with van der Waals surface area (Å²) in [6, 6.07) is 2.96. The zero-order valence-electron chi connectivity index (χ0n) is 17.0. The van der Waals surface area contributed by atoms with E-state index in [1.807, 2.05) is 0 Å². The normalized spacial score (nSPS) is 24.4. The van der Waals surface area contributed by atoms with E-state index in [2.05, 4.69) is 0 Å². The Morgan fingerprint density at radius 1 is 0.735 bits per heavy atom. The zero-order chi connectivity index (χ0) is 25.3. The van der Waals surface area contributed by atoms with E-state index in [1.165, 1.54) is 0 Å². The molecule has 0 bridgehead atoms. The Hall–Kier alpha value is -3.98. The van der Waals surface area contributed by atoms with E-state index in [9.17, 15) is 55.5 Å². The first-order valence-electron chi connectivity index (χ1n) is 9.48. The highest BCUT2D eigenvalue weighted by atomic mass is 16.7. The summed E-state index contributed by atoms with van der Waals surface area (Å²) in [6.07, 6.45) is -9.13. The van der Waals surface area contributed by atoms with E-state index in [0.29, 0.717) is 0 Å². The lowest BCUT2D eigenvalue weighted by Gasteiger charge is -2.40. The minimum atomic E-state index is -2.02. The summed E-state index contributed by atoms with van der Waals surface area (Å²) in [5, 5.41) is 87.2. The Bertz CT molecular complexity index is 1050. The molecule has 1 heterocycles. The molecule has 9 N–H and O–H groups in total. The first-order valence-corrected chi connectivity index (χ1v) is 9.48. The van der Waals surface area contributed by atoms with Crippen molar-refractivity contribution in [3.05, 3.63) is 35.4 Å². The monoisotopic (exact) mass is 484 g/mol. The van der Waals surface area contributed by atoms with Crippen molar-refractivity contribution >= 4 is 11.9 Å². The van der Waals surface area contributed by atoms with E-state index >= 15 is 0 Å². The maximum absolute atomic E-state index is 12.4. The topological polar surface area (TPSA) is 244 Å². The Kier molecular flexibility index (Phi) is 6.88. The molecule has 184 valence electrons. The molecule has 34 heavy (non-hydrogen) atoms. The molecule has 2 aromatic rings. The summed E-state index contributed by atoms with van der Waals surface area (Å²) in [7, 11) is 0. The van der Waals surface area contributed by atoms with Gasteiger partial charge >= 0.3 is 11.9 Å². The summed E-state index contributed by atoms with van der Waals surface area (Å²) in [4.78, 5) is 24.8. The third-order valence-corrected chi connectivity index (χ3v) is 4.90. The Balaban J connectivity index is 1.82. The maximum atomic E-state index is 12.4. The molecule has 5 atom stereocenters. The lowest BCUT2D eigenvalue weighted by molar-refractivity contribution is -0.284. The number of aliphatic hydroxyl groups excluding tert-OH is 3. The number of carbonyl (C=O) groups is 2. The van der Waals surface area contributed by atoms with Crippen LogP contribution in [0.3, 0.4) is 0 Å². The average Bonchev–Trinajstić information content (AvgIpc) is 2.79. The van der Waals surface area contributed by atoms with Crippen molar-refractivity contribution in [3.63, 3.8) is 0 Å². The predicted octanol–water partition coefficient (Wildman–Crippen LogP) is -1.26. The number of hydrogen-bond acceptors (Lipinski definition) is 14. The molecule has 0 spiro atoms. The molecule has 2 aromatic carbocycles. The minimum absolute atomic E-state index is 0.473. The predicted molar refractivity (Wildman–Crippen MR) is 105 cm³/mol. The lowest BCUT2D eigenvalue weighted by atomic mass is 9.98. The smallest absolute Gasteiger partial charge is 0.340 e. The molecule has 0 aromatic heterocycles. The first kappa shape index (κ1) is 24.7. The molecule has 1 aliphatic heterocycles. The second-order valence-corrected chi connectivity index (χ2v) is 7.21. The van der Waals surface area contributed by atoms with Gasteiger partial charge in [-0.1, -0.05) is 0 Å². The summed E-state index contributed by atoms with van der Waals surface area (Å²) in [5.74, 6) is -7.79. The van der Waals surface area contributed by atoms with Gasteiger partial charge in [-0.05, 0) is 24.3 Å². The van der Waals surface area contributed by atoms with Gasteiger partial charge in [-0.3, -0.25) is 0 Å². The third kappa shape index (κ3) is 4.69. The lowest BCUT2D eigenvalue weighted by Crippen LogP contribution is -2.60. The molecule has 14 heteroatoms. The fraction of sp³-hybridized carbons (Fsp3) is 0.300. The highest BCUT2D eigenvalue weighted by Gasteiger charge is 2.48. The Morgan fingerprint density at radius 3 is 1.56 bits per heavy atom. The van der Waals surface area contributed by atoms with Crippen molar-refractivity contribution in [2.45, 2.75) is 30.7 Å². The van der Waals surface area contributed by atoms with Crippen LogP contribution in [0.4, 0.5) is 0 Å². The number of rotatable bonds is 5. The molecule has 14 nitrogen and oxygen atoms in total. The third-order valence-electron chi connectivity index (χ3n) is 4.90. The SMILES string of the molecule is O=C(O[C@@H]1O[C@H](CO)[C@@H](O)[C@H](OC(=O)c2cc(O)c(O)c(O)c2)[C@H]1O)c1cc(O)c(O)c(O)c1. The van der Waals surface area contributed by atoms with Crippen LogP contribution in [0.25, 0.3) is 0 Å². The highest BCUT2D eigenvalue weighted by Crippen LogP contribution is 2.37. The van der Waals surface area contributed by atoms with Crippen molar-refractivity contribution in [2.24, 2.45) is 0 Å². The van der Waals surface area contributed by atoms with E-state index in [1.54, 1.807) is 0 Å². The highest BCUT2D eigenvalue weighted by molar-refractivity contribution is 5.92. The largest absolute Gasteiger partial charge is 0.504 e. The molecule has 1 aliphatic rings. The van der Waals surface area contributed by atoms with Gasteiger partial charge in [0.25, 0.3) is 0 Å². The molecular weight excluding hydrogens is 464 g/mol. The molecule has 0 amide bonds. The number of aliphatic hydroxyl groups is 3. The molecule has 0 radical (unpaired) electrons. The van der Waals surface area contributed by atoms with E-state index in [4.69, 9.17) is 14.2 Å². The standard InChI is InChI=1S/C20H20O14/c21-5-12-15(28)17(33-18(30)6-1-8(22)13(26)9(23)2-6)16(29)20(32-12)34-19(31)7-3-10(24)14(27)11(25)4-7/h1-4,12,15-17,20-29H,5H2/t12-,15-,16-,17+,20+/m1/s1. The number of carbonyl (C=O) groups excluding carboxylic acids is 2. The fourth-order valence-electron chi connectivity index (χ4n) is 3.10. The molecule has 3 rings (SSSR count). The number of ether oxygens (including phenoxy) is 3. The van der Waals surface area contributed by atoms with Crippen LogP contribution in [-0.4, -0.2) is 95.2 Å². The van der Waals surface area contributed by atoms with Gasteiger partial charge in [0, 0.05) is 0 Å². The van der Waals surface area contributed by atoms with E-state index in [-0.39, 0.29) is 0 Å². The molecule has 0 unspecified atom stereocenters. The second-order valence-electron chi connectivity index (χ2n) is 7.21. The minimum Gasteiger partial charge on any atom is -0.504 e. The zero-order valence-corrected chi connectivity index (χ0v) is 17.0. The van der Waals surface area contributed by atoms with Crippen LogP contribution in [0.1, 0.15) is 20.7 Å². The first-order chi connectivity index (χ1) is 15.9. The summed E-state index contributed by atoms with van der Waals surface area (Å²) in [6.45, 7) is -0.864. The van der Waals surface area contributed by atoms with Crippen molar-refractivity contribution in [1.29, 1.82) is 0 Å². The molecule has 1 fully saturated rings. The maximum Gasteiger partial charge on any atom is 0.340 e. The summed E-state index contributed by atoms with van der Waals surface area (Å²) < 4.78 is 15.1.